The highest BCUT2D eigenvalue weighted by Gasteiger charge is 2.23. The number of carbonyl (C=O) groups is 2. The number of phenols is 1. The molecule has 8 heteroatoms. The van der Waals surface area contributed by atoms with Gasteiger partial charge in [-0.2, -0.15) is 0 Å². The van der Waals surface area contributed by atoms with E-state index in [1.165, 1.54) is 0 Å². The van der Waals surface area contributed by atoms with E-state index in [9.17, 15) is 14.7 Å². The third-order valence-electron chi connectivity index (χ3n) is 6.09. The summed E-state index contributed by atoms with van der Waals surface area (Å²) in [6, 6.07) is 14.1. The summed E-state index contributed by atoms with van der Waals surface area (Å²) in [5.41, 5.74) is 8.47. The number of nitrogens with zero attached hydrogens (tertiary/aromatic N) is 1. The molecule has 1 amide bonds. The Hall–Kier alpha value is -3.10. The Morgan fingerprint density at radius 2 is 1.73 bits per heavy atom. The lowest BCUT2D eigenvalue weighted by Gasteiger charge is -2.25. The van der Waals surface area contributed by atoms with Crippen molar-refractivity contribution < 1.29 is 24.2 Å². The van der Waals surface area contributed by atoms with Gasteiger partial charge in [0, 0.05) is 45.1 Å². The molecule has 2 aromatic rings. The van der Waals surface area contributed by atoms with Gasteiger partial charge in [0.25, 0.3) is 0 Å². The van der Waals surface area contributed by atoms with Crippen LogP contribution in [0, 0.1) is 0 Å². The van der Waals surface area contributed by atoms with Gasteiger partial charge in [0.1, 0.15) is 17.6 Å². The first-order chi connectivity index (χ1) is 17.9. The predicted octanol–water partition coefficient (Wildman–Crippen LogP) is 3.79. The second-order valence-electron chi connectivity index (χ2n) is 9.28. The van der Waals surface area contributed by atoms with Gasteiger partial charge in [-0.25, -0.2) is 0 Å². The van der Waals surface area contributed by atoms with E-state index >= 15 is 0 Å². The fourth-order valence-electron chi connectivity index (χ4n) is 4.13. The molecule has 0 saturated carbocycles. The van der Waals surface area contributed by atoms with Gasteiger partial charge in [-0.15, -0.1) is 0 Å². The van der Waals surface area contributed by atoms with E-state index in [0.29, 0.717) is 32.4 Å². The zero-order chi connectivity index (χ0) is 27.0. The van der Waals surface area contributed by atoms with Crippen LogP contribution in [0.2, 0.25) is 0 Å². The molecule has 0 heterocycles. The standard InChI is InChI=1S/C29H43N3O5/c1-4-16-32(17-5-2)28(34)10-7-11-29(35)37-27(26(30)19-22-12-14-24(33)15-13-22)21-31-20-23-8-6-9-25(18-23)36-3/h6,8-9,12-15,18,26-27,31,33H,4-5,7,10-11,16-17,19-21,30H2,1-3H3. The molecular formula is C29H43N3O5. The fourth-order valence-corrected chi connectivity index (χ4v) is 4.13. The zero-order valence-electron chi connectivity index (χ0n) is 22.4. The third-order valence-corrected chi connectivity index (χ3v) is 6.09. The van der Waals surface area contributed by atoms with E-state index in [-0.39, 0.29) is 24.0 Å². The summed E-state index contributed by atoms with van der Waals surface area (Å²) in [5, 5.41) is 12.9. The van der Waals surface area contributed by atoms with E-state index < -0.39 is 12.1 Å². The van der Waals surface area contributed by atoms with E-state index in [2.05, 4.69) is 19.2 Å². The Bertz CT molecular complexity index is 945. The van der Waals surface area contributed by atoms with Crippen LogP contribution in [0.1, 0.15) is 57.1 Å². The topological polar surface area (TPSA) is 114 Å². The number of nitrogens with one attached hydrogen (secondary N) is 1. The molecule has 204 valence electrons. The van der Waals surface area contributed by atoms with Crippen molar-refractivity contribution in [2.75, 3.05) is 26.7 Å². The zero-order valence-corrected chi connectivity index (χ0v) is 22.4. The molecule has 37 heavy (non-hydrogen) atoms. The second-order valence-corrected chi connectivity index (χ2v) is 9.28. The minimum atomic E-state index is -0.556. The van der Waals surface area contributed by atoms with Crippen molar-refractivity contribution in [2.45, 2.75) is 71.1 Å². The Balaban J connectivity index is 1.94. The Morgan fingerprint density at radius 3 is 2.38 bits per heavy atom. The van der Waals surface area contributed by atoms with Gasteiger partial charge < -0.3 is 30.5 Å². The normalized spacial score (nSPS) is 12.5. The number of benzene rings is 2. The van der Waals surface area contributed by atoms with Crippen LogP contribution in [0.25, 0.3) is 0 Å². The molecule has 2 rings (SSSR count). The SMILES string of the molecule is CCCN(CCC)C(=O)CCCC(=O)OC(CNCc1cccc(OC)c1)C(N)Cc1ccc(O)cc1. The fraction of sp³-hybridized carbons (Fsp3) is 0.517. The van der Waals surface area contributed by atoms with E-state index in [1.807, 2.05) is 41.3 Å². The maximum atomic E-state index is 12.7. The summed E-state index contributed by atoms with van der Waals surface area (Å²) in [4.78, 5) is 27.1. The quantitative estimate of drug-likeness (QED) is 0.276. The molecule has 0 aromatic heterocycles. The van der Waals surface area contributed by atoms with Gasteiger partial charge in [-0.3, -0.25) is 9.59 Å². The number of ether oxygens (including phenoxy) is 2. The van der Waals surface area contributed by atoms with Crippen molar-refractivity contribution in [2.24, 2.45) is 5.73 Å². The summed E-state index contributed by atoms with van der Waals surface area (Å²) < 4.78 is 11.1. The van der Waals surface area contributed by atoms with Gasteiger partial charge >= 0.3 is 5.97 Å². The highest BCUT2D eigenvalue weighted by Crippen LogP contribution is 2.15. The van der Waals surface area contributed by atoms with Gasteiger partial charge in [0.05, 0.1) is 7.11 Å². The maximum Gasteiger partial charge on any atom is 0.306 e. The van der Waals surface area contributed by atoms with Crippen LogP contribution in [0.4, 0.5) is 0 Å². The van der Waals surface area contributed by atoms with Crippen molar-refractivity contribution in [1.29, 1.82) is 0 Å². The first-order valence-corrected chi connectivity index (χ1v) is 13.2. The van der Waals surface area contributed by atoms with Crippen LogP contribution in [0.5, 0.6) is 11.5 Å². The molecule has 0 bridgehead atoms. The molecule has 2 atom stereocenters. The van der Waals surface area contributed by atoms with Crippen LogP contribution in [-0.2, 0) is 27.3 Å². The molecule has 0 radical (unpaired) electrons. The second kappa shape index (κ2) is 16.6. The molecule has 0 aliphatic carbocycles. The summed E-state index contributed by atoms with van der Waals surface area (Å²) in [6.45, 7) is 6.53. The molecule has 2 aromatic carbocycles. The molecule has 0 spiro atoms. The lowest BCUT2D eigenvalue weighted by atomic mass is 10.0. The minimum absolute atomic E-state index is 0.0806. The van der Waals surface area contributed by atoms with Gasteiger partial charge in [0.2, 0.25) is 5.91 Å². The average molecular weight is 514 g/mol. The van der Waals surface area contributed by atoms with Gasteiger partial charge in [-0.1, -0.05) is 38.1 Å². The molecule has 0 fully saturated rings. The number of rotatable bonds is 17. The first kappa shape index (κ1) is 30.1. The Morgan fingerprint density at radius 1 is 1.03 bits per heavy atom. The lowest BCUT2D eigenvalue weighted by Crippen LogP contribution is -2.45. The number of methoxy groups -OCH3 is 1. The number of nitrogens with two attached hydrogens (primary N) is 1. The van der Waals surface area contributed by atoms with Gasteiger partial charge in [0.15, 0.2) is 0 Å². The number of hydrogen-bond donors (Lipinski definition) is 3. The molecule has 0 aliphatic heterocycles. The third kappa shape index (κ3) is 11.2. The molecule has 0 aliphatic rings. The van der Waals surface area contributed by atoms with Crippen molar-refractivity contribution in [3.8, 4) is 11.5 Å². The van der Waals surface area contributed by atoms with Crippen LogP contribution in [0.15, 0.2) is 48.5 Å². The van der Waals surface area contributed by atoms with Crippen LogP contribution in [-0.4, -0.2) is 60.8 Å². The Kier molecular flexibility index (Phi) is 13.5. The van der Waals surface area contributed by atoms with E-state index in [4.69, 9.17) is 15.2 Å². The Labute approximate surface area is 221 Å². The molecule has 2 unspecified atom stereocenters. The number of phenolic OH excluding ortho intramolecular Hbond substituents is 1. The van der Waals surface area contributed by atoms with Gasteiger partial charge in [-0.05, 0) is 61.1 Å². The molecule has 8 nitrogen and oxygen atoms in total. The predicted molar refractivity (Wildman–Crippen MR) is 145 cm³/mol. The minimum Gasteiger partial charge on any atom is -0.508 e. The number of amides is 1. The summed E-state index contributed by atoms with van der Waals surface area (Å²) in [6.07, 6.45) is 2.69. The van der Waals surface area contributed by atoms with E-state index in [1.54, 1.807) is 19.2 Å². The highest BCUT2D eigenvalue weighted by atomic mass is 16.5. The number of carbonyl (C=O) groups excluding carboxylic acids is 2. The number of aromatic hydroxyl groups is 1. The van der Waals surface area contributed by atoms with Crippen molar-refractivity contribution in [1.82, 2.24) is 10.2 Å². The molecule has 0 saturated heterocycles. The summed E-state index contributed by atoms with van der Waals surface area (Å²) >= 11 is 0. The van der Waals surface area contributed by atoms with Crippen molar-refractivity contribution in [3.05, 3.63) is 59.7 Å². The van der Waals surface area contributed by atoms with Crippen LogP contribution >= 0.6 is 0 Å². The number of esters is 1. The average Bonchev–Trinajstić information content (AvgIpc) is 2.89. The first-order valence-electron chi connectivity index (χ1n) is 13.2. The smallest absolute Gasteiger partial charge is 0.306 e. The largest absolute Gasteiger partial charge is 0.508 e. The monoisotopic (exact) mass is 513 g/mol. The molecule has 4 N–H and O–H groups in total. The number of hydrogen-bond acceptors (Lipinski definition) is 7. The van der Waals surface area contributed by atoms with Crippen molar-refractivity contribution >= 4 is 11.9 Å². The molecular weight excluding hydrogens is 470 g/mol. The lowest BCUT2D eigenvalue weighted by molar-refractivity contribution is -0.150. The van der Waals surface area contributed by atoms with Crippen LogP contribution in [0.3, 0.4) is 0 Å². The van der Waals surface area contributed by atoms with Crippen molar-refractivity contribution in [3.63, 3.8) is 0 Å². The van der Waals surface area contributed by atoms with Crippen LogP contribution < -0.4 is 15.8 Å². The summed E-state index contributed by atoms with van der Waals surface area (Å²) in [7, 11) is 1.63. The summed E-state index contributed by atoms with van der Waals surface area (Å²) in [5.74, 6) is 0.681. The maximum absolute atomic E-state index is 12.7. The highest BCUT2D eigenvalue weighted by molar-refractivity contribution is 5.77. The van der Waals surface area contributed by atoms with E-state index in [0.717, 1.165) is 42.8 Å².